The van der Waals surface area contributed by atoms with Gasteiger partial charge in [0.2, 0.25) is 0 Å². The van der Waals surface area contributed by atoms with Gasteiger partial charge in [-0.2, -0.15) is 0 Å². The fraction of sp³-hybridized carbons (Fsp3) is 0. The minimum atomic E-state index is -0.0857. The topological polar surface area (TPSA) is 34.1 Å². The fourth-order valence-electron chi connectivity index (χ4n) is 2.55. The van der Waals surface area contributed by atoms with E-state index in [1.165, 1.54) is 23.5 Å². The zero-order valence-corrected chi connectivity index (χ0v) is 14.2. The maximum atomic E-state index is 12.4. The first-order chi connectivity index (χ1) is 11.7. The van der Waals surface area contributed by atoms with Crippen LogP contribution in [0.4, 0.5) is 0 Å². The molecule has 2 nitrogen and oxygen atoms in total. The van der Waals surface area contributed by atoms with Gasteiger partial charge in [-0.05, 0) is 11.1 Å². The summed E-state index contributed by atoms with van der Waals surface area (Å²) in [6, 6.07) is 19.5. The predicted octanol–water partition coefficient (Wildman–Crippen LogP) is 4.91. The molecule has 0 aromatic heterocycles. The van der Waals surface area contributed by atoms with Gasteiger partial charge in [0.25, 0.3) is 0 Å². The number of ketones is 2. The minimum absolute atomic E-state index is 0.0857. The number of hydrogen-bond donors (Lipinski definition) is 0. The Morgan fingerprint density at radius 1 is 0.542 bits per heavy atom. The molecule has 0 fully saturated rings. The molecule has 0 saturated heterocycles. The Balaban J connectivity index is 1.63. The summed E-state index contributed by atoms with van der Waals surface area (Å²) in [5.74, 6) is -0.171. The van der Waals surface area contributed by atoms with Crippen LogP contribution in [0.2, 0.25) is 0 Å². The van der Waals surface area contributed by atoms with Crippen LogP contribution in [0.25, 0.3) is 9.81 Å². The number of benzene rings is 2. The summed E-state index contributed by atoms with van der Waals surface area (Å²) < 4.78 is 0. The van der Waals surface area contributed by atoms with E-state index in [0.717, 1.165) is 20.9 Å². The van der Waals surface area contributed by atoms with Gasteiger partial charge in [0.1, 0.15) is 0 Å². The van der Waals surface area contributed by atoms with E-state index in [1.807, 2.05) is 60.7 Å². The van der Waals surface area contributed by atoms with Crippen LogP contribution in [0.15, 0.2) is 82.6 Å². The molecule has 2 aromatic carbocycles. The van der Waals surface area contributed by atoms with Gasteiger partial charge in [-0.1, -0.05) is 84.2 Å². The van der Waals surface area contributed by atoms with Crippen molar-refractivity contribution < 1.29 is 9.59 Å². The molecule has 0 unspecified atom stereocenters. The summed E-state index contributed by atoms with van der Waals surface area (Å²) in [7, 11) is 0. The van der Waals surface area contributed by atoms with Crippen LogP contribution < -0.4 is 0 Å². The molecule has 24 heavy (non-hydrogen) atoms. The van der Waals surface area contributed by atoms with Crippen molar-refractivity contribution in [1.82, 2.24) is 0 Å². The highest BCUT2D eigenvalue weighted by molar-refractivity contribution is 8.17. The van der Waals surface area contributed by atoms with Gasteiger partial charge < -0.3 is 0 Å². The summed E-state index contributed by atoms with van der Waals surface area (Å²) in [6.45, 7) is 0. The Morgan fingerprint density at radius 3 is 1.29 bits per heavy atom. The highest BCUT2D eigenvalue weighted by atomic mass is 32.2. The molecule has 2 heterocycles. The van der Waals surface area contributed by atoms with E-state index >= 15 is 0 Å². The summed E-state index contributed by atoms with van der Waals surface area (Å²) in [5, 5.41) is 0. The highest BCUT2D eigenvalue weighted by Crippen LogP contribution is 2.49. The van der Waals surface area contributed by atoms with Crippen LogP contribution in [0.1, 0.15) is 11.1 Å². The van der Waals surface area contributed by atoms with Gasteiger partial charge >= 0.3 is 0 Å². The molecule has 0 saturated carbocycles. The molecule has 116 valence electrons. The quantitative estimate of drug-likeness (QED) is 0.722. The van der Waals surface area contributed by atoms with Gasteiger partial charge in [0, 0.05) is 22.0 Å². The molecule has 0 N–H and O–H groups in total. The molecular weight excluding hydrogens is 336 g/mol. The largest absolute Gasteiger partial charge is 0.289 e. The number of carbonyl (C=O) groups excluding carboxylic acids is 2. The summed E-state index contributed by atoms with van der Waals surface area (Å²) in [5.41, 5.74) is 2.00. The van der Waals surface area contributed by atoms with E-state index in [0.29, 0.717) is 9.81 Å². The summed E-state index contributed by atoms with van der Waals surface area (Å²) in [4.78, 5) is 27.6. The second kappa shape index (κ2) is 6.30. The van der Waals surface area contributed by atoms with Crippen LogP contribution in [-0.2, 0) is 9.59 Å². The van der Waals surface area contributed by atoms with Crippen molar-refractivity contribution in [1.29, 1.82) is 0 Å². The average molecular weight is 348 g/mol. The number of allylic oxidation sites excluding steroid dienone is 4. The van der Waals surface area contributed by atoms with E-state index in [1.54, 1.807) is 12.2 Å². The second-order valence-corrected chi connectivity index (χ2v) is 7.44. The Morgan fingerprint density at radius 2 is 0.917 bits per heavy atom. The summed E-state index contributed by atoms with van der Waals surface area (Å²) >= 11 is 2.77. The van der Waals surface area contributed by atoms with E-state index in [-0.39, 0.29) is 11.6 Å². The van der Waals surface area contributed by atoms with Crippen LogP contribution >= 0.6 is 23.5 Å². The van der Waals surface area contributed by atoms with Crippen molar-refractivity contribution in [2.45, 2.75) is 0 Å². The Bertz CT molecular complexity index is 845. The first-order valence-corrected chi connectivity index (χ1v) is 9.08. The number of hydrogen-bond acceptors (Lipinski definition) is 4. The standard InChI is InChI=1S/C20H12O2S2/c21-15-11-17(13-7-3-1-4-8-13)23-19(15)20-16(22)12-18(24-20)14-9-5-2-6-10-14/h1-12H/b20-19-. The van der Waals surface area contributed by atoms with Crippen LogP contribution in [0, 0.1) is 0 Å². The van der Waals surface area contributed by atoms with Crippen molar-refractivity contribution in [3.63, 3.8) is 0 Å². The minimum Gasteiger partial charge on any atom is -0.289 e. The molecule has 0 spiro atoms. The molecule has 0 bridgehead atoms. The number of rotatable bonds is 2. The second-order valence-electron chi connectivity index (χ2n) is 5.34. The molecule has 0 radical (unpaired) electrons. The molecule has 4 heteroatoms. The maximum Gasteiger partial charge on any atom is 0.194 e. The smallest absolute Gasteiger partial charge is 0.194 e. The molecule has 2 aliphatic rings. The highest BCUT2D eigenvalue weighted by Gasteiger charge is 2.31. The Labute approximate surface area is 148 Å². The first-order valence-electron chi connectivity index (χ1n) is 7.45. The molecule has 0 amide bonds. The molecule has 0 aliphatic carbocycles. The lowest BCUT2D eigenvalue weighted by Crippen LogP contribution is -1.98. The van der Waals surface area contributed by atoms with Crippen molar-refractivity contribution in [2.24, 2.45) is 0 Å². The third kappa shape index (κ3) is 2.79. The number of carbonyl (C=O) groups is 2. The average Bonchev–Trinajstić information content (AvgIpc) is 3.19. The van der Waals surface area contributed by atoms with Gasteiger partial charge in [0.05, 0.1) is 9.81 Å². The molecular formula is C20H12O2S2. The fourth-order valence-corrected chi connectivity index (χ4v) is 4.79. The van der Waals surface area contributed by atoms with Crippen molar-refractivity contribution in [2.75, 3.05) is 0 Å². The predicted molar refractivity (Wildman–Crippen MR) is 101 cm³/mol. The number of thioether (sulfide) groups is 2. The van der Waals surface area contributed by atoms with Crippen LogP contribution in [0.5, 0.6) is 0 Å². The SMILES string of the molecule is O=C1C=C(c2ccccc2)S/C1=C1\SC(c2ccccc2)=CC1=O. The van der Waals surface area contributed by atoms with Crippen LogP contribution in [-0.4, -0.2) is 11.6 Å². The third-order valence-corrected chi connectivity index (χ3v) is 6.21. The Hall–Kier alpha value is -2.30. The van der Waals surface area contributed by atoms with Gasteiger partial charge in [-0.3, -0.25) is 9.59 Å². The third-order valence-electron chi connectivity index (χ3n) is 3.72. The normalized spacial score (nSPS) is 20.3. The van der Waals surface area contributed by atoms with Crippen molar-refractivity contribution in [3.05, 3.63) is 93.8 Å². The Kier molecular flexibility index (Phi) is 4.00. The monoisotopic (exact) mass is 348 g/mol. The van der Waals surface area contributed by atoms with E-state index in [9.17, 15) is 9.59 Å². The molecule has 2 aliphatic heterocycles. The lowest BCUT2D eigenvalue weighted by Gasteiger charge is -2.04. The molecule has 0 atom stereocenters. The van der Waals surface area contributed by atoms with Crippen molar-refractivity contribution >= 4 is 44.9 Å². The first kappa shape index (κ1) is 15.2. The van der Waals surface area contributed by atoms with Gasteiger partial charge in [-0.15, -0.1) is 0 Å². The van der Waals surface area contributed by atoms with E-state index in [2.05, 4.69) is 0 Å². The molecule has 2 aromatic rings. The van der Waals surface area contributed by atoms with Crippen molar-refractivity contribution in [3.8, 4) is 0 Å². The lowest BCUT2D eigenvalue weighted by molar-refractivity contribution is -0.112. The van der Waals surface area contributed by atoms with E-state index < -0.39 is 0 Å². The van der Waals surface area contributed by atoms with Gasteiger partial charge in [0.15, 0.2) is 11.6 Å². The lowest BCUT2D eigenvalue weighted by atomic mass is 10.1. The van der Waals surface area contributed by atoms with Crippen LogP contribution in [0.3, 0.4) is 0 Å². The maximum absolute atomic E-state index is 12.4. The molecule has 4 rings (SSSR count). The van der Waals surface area contributed by atoms with Gasteiger partial charge in [-0.25, -0.2) is 0 Å². The zero-order valence-electron chi connectivity index (χ0n) is 12.6. The summed E-state index contributed by atoms with van der Waals surface area (Å²) in [6.07, 6.45) is 3.24. The van der Waals surface area contributed by atoms with E-state index in [4.69, 9.17) is 0 Å². The zero-order chi connectivity index (χ0) is 16.5.